The van der Waals surface area contributed by atoms with Gasteiger partial charge in [-0.2, -0.15) is 0 Å². The van der Waals surface area contributed by atoms with Crippen molar-refractivity contribution >= 4 is 50.6 Å². The van der Waals surface area contributed by atoms with Crippen LogP contribution in [0.25, 0.3) is 10.1 Å². The van der Waals surface area contributed by atoms with Gasteiger partial charge in [0, 0.05) is 20.8 Å². The summed E-state index contributed by atoms with van der Waals surface area (Å²) in [5.41, 5.74) is 1.28. The van der Waals surface area contributed by atoms with Crippen molar-refractivity contribution in [3.63, 3.8) is 0 Å². The highest BCUT2D eigenvalue weighted by Crippen LogP contribution is 2.28. The quantitative estimate of drug-likeness (QED) is 0.664. The van der Waals surface area contributed by atoms with E-state index in [4.69, 9.17) is 16.3 Å². The highest BCUT2D eigenvalue weighted by Gasteiger charge is 2.15. The summed E-state index contributed by atoms with van der Waals surface area (Å²) in [5, 5.41) is 3.53. The molecule has 25 heavy (non-hydrogen) atoms. The van der Waals surface area contributed by atoms with Crippen molar-refractivity contribution in [2.75, 3.05) is 11.9 Å². The van der Waals surface area contributed by atoms with Gasteiger partial charge in [-0.15, -0.1) is 11.3 Å². The van der Waals surface area contributed by atoms with E-state index in [-0.39, 0.29) is 4.88 Å². The van der Waals surface area contributed by atoms with Crippen LogP contribution in [-0.2, 0) is 9.53 Å². The van der Waals surface area contributed by atoms with Gasteiger partial charge >= 0.3 is 5.97 Å². The molecular weight excluding hydrogens is 365 g/mol. The third-order valence-corrected chi connectivity index (χ3v) is 5.08. The molecule has 0 radical (unpaired) electrons. The van der Waals surface area contributed by atoms with Gasteiger partial charge in [-0.25, -0.2) is 9.18 Å². The first-order valence-electron chi connectivity index (χ1n) is 7.36. The molecule has 0 aliphatic heterocycles. The van der Waals surface area contributed by atoms with E-state index < -0.39 is 24.3 Å². The molecule has 4 nitrogen and oxygen atoms in total. The first-order chi connectivity index (χ1) is 12.0. The van der Waals surface area contributed by atoms with Gasteiger partial charge in [0.1, 0.15) is 10.7 Å². The van der Waals surface area contributed by atoms with Gasteiger partial charge in [0.2, 0.25) is 0 Å². The number of anilines is 1. The van der Waals surface area contributed by atoms with Crippen LogP contribution in [0.3, 0.4) is 0 Å². The fraction of sp³-hybridized carbons (Fsp3) is 0.111. The lowest BCUT2D eigenvalue weighted by molar-refractivity contribution is -0.119. The third kappa shape index (κ3) is 3.81. The minimum Gasteiger partial charge on any atom is -0.451 e. The molecule has 0 bridgehead atoms. The molecule has 0 fully saturated rings. The molecule has 128 valence electrons. The zero-order valence-electron chi connectivity index (χ0n) is 13.1. The maximum atomic E-state index is 13.7. The first kappa shape index (κ1) is 17.4. The SMILES string of the molecule is Cc1c(Cl)cccc1NC(=O)COC(=O)c1cc2c(F)cccc2s1. The molecule has 0 atom stereocenters. The predicted molar refractivity (Wildman–Crippen MR) is 96.9 cm³/mol. The van der Waals surface area contributed by atoms with Crippen molar-refractivity contribution in [3.05, 3.63) is 63.7 Å². The van der Waals surface area contributed by atoms with Crippen LogP contribution < -0.4 is 5.32 Å². The topological polar surface area (TPSA) is 55.4 Å². The molecule has 0 saturated carbocycles. The molecule has 3 aromatic rings. The van der Waals surface area contributed by atoms with Gasteiger partial charge in [-0.3, -0.25) is 4.79 Å². The van der Waals surface area contributed by atoms with Crippen LogP contribution in [0.4, 0.5) is 10.1 Å². The lowest BCUT2D eigenvalue weighted by Crippen LogP contribution is -2.21. The van der Waals surface area contributed by atoms with E-state index in [0.29, 0.717) is 20.8 Å². The zero-order valence-corrected chi connectivity index (χ0v) is 14.7. The molecule has 0 spiro atoms. The summed E-state index contributed by atoms with van der Waals surface area (Å²) in [5.74, 6) is -1.55. The maximum absolute atomic E-state index is 13.7. The lowest BCUT2D eigenvalue weighted by Gasteiger charge is -2.09. The Kier molecular flexibility index (Phi) is 5.01. The van der Waals surface area contributed by atoms with Crippen molar-refractivity contribution in [1.82, 2.24) is 0 Å². The number of benzene rings is 2. The van der Waals surface area contributed by atoms with Crippen LogP contribution in [0.1, 0.15) is 15.2 Å². The Morgan fingerprint density at radius 1 is 1.24 bits per heavy atom. The predicted octanol–water partition coefficient (Wildman–Crippen LogP) is 4.80. The fourth-order valence-corrected chi connectivity index (χ4v) is 3.40. The van der Waals surface area contributed by atoms with Crippen molar-refractivity contribution in [2.45, 2.75) is 6.92 Å². The Hall–Kier alpha value is -2.44. The summed E-state index contributed by atoms with van der Waals surface area (Å²) in [6, 6.07) is 11.2. The molecule has 1 N–H and O–H groups in total. The summed E-state index contributed by atoms with van der Waals surface area (Å²) >= 11 is 7.11. The van der Waals surface area contributed by atoms with Crippen LogP contribution >= 0.6 is 22.9 Å². The third-order valence-electron chi connectivity index (χ3n) is 3.59. The Labute approximate surface area is 152 Å². The minimum atomic E-state index is -0.668. The van der Waals surface area contributed by atoms with Gasteiger partial charge < -0.3 is 10.1 Å². The summed E-state index contributed by atoms with van der Waals surface area (Å²) in [4.78, 5) is 24.3. The summed E-state index contributed by atoms with van der Waals surface area (Å²) < 4.78 is 19.3. The first-order valence-corrected chi connectivity index (χ1v) is 8.55. The van der Waals surface area contributed by atoms with E-state index >= 15 is 0 Å². The van der Waals surface area contributed by atoms with Crippen molar-refractivity contribution < 1.29 is 18.7 Å². The molecule has 0 aliphatic carbocycles. The van der Waals surface area contributed by atoms with Gasteiger partial charge in [-0.05, 0) is 42.8 Å². The second-order valence-electron chi connectivity index (χ2n) is 5.30. The largest absolute Gasteiger partial charge is 0.451 e. The standard InChI is InChI=1S/C18H13ClFNO3S/c1-10-12(19)4-2-6-14(10)21-17(22)9-24-18(23)16-8-11-13(20)5-3-7-15(11)25-16/h2-8H,9H2,1H3,(H,21,22). The Morgan fingerprint density at radius 3 is 2.76 bits per heavy atom. The molecule has 1 aromatic heterocycles. The number of amides is 1. The second kappa shape index (κ2) is 7.21. The molecule has 0 aliphatic rings. The van der Waals surface area contributed by atoms with E-state index in [1.165, 1.54) is 12.1 Å². The number of esters is 1. The number of carbonyl (C=O) groups is 2. The number of ether oxygens (including phenoxy) is 1. The van der Waals surface area contributed by atoms with Crippen LogP contribution in [0.15, 0.2) is 42.5 Å². The second-order valence-corrected chi connectivity index (χ2v) is 6.79. The average molecular weight is 378 g/mol. The smallest absolute Gasteiger partial charge is 0.348 e. The summed E-state index contributed by atoms with van der Waals surface area (Å²) in [7, 11) is 0. The monoisotopic (exact) mass is 377 g/mol. The van der Waals surface area contributed by atoms with Gasteiger partial charge in [0.05, 0.1) is 0 Å². The number of carbonyl (C=O) groups excluding carboxylic acids is 2. The van der Waals surface area contributed by atoms with E-state index in [0.717, 1.165) is 16.9 Å². The van der Waals surface area contributed by atoms with E-state index in [1.807, 2.05) is 0 Å². The van der Waals surface area contributed by atoms with Crippen molar-refractivity contribution in [3.8, 4) is 0 Å². The molecule has 7 heteroatoms. The normalized spacial score (nSPS) is 10.7. The average Bonchev–Trinajstić information content (AvgIpc) is 3.03. The van der Waals surface area contributed by atoms with Crippen LogP contribution in [-0.4, -0.2) is 18.5 Å². The Balaban J connectivity index is 1.64. The summed E-state index contributed by atoms with van der Waals surface area (Å²) in [6.07, 6.45) is 0. The lowest BCUT2D eigenvalue weighted by atomic mass is 10.2. The van der Waals surface area contributed by atoms with E-state index in [1.54, 1.807) is 37.3 Å². The highest BCUT2D eigenvalue weighted by molar-refractivity contribution is 7.20. The molecule has 3 rings (SSSR count). The van der Waals surface area contributed by atoms with E-state index in [9.17, 15) is 14.0 Å². The number of fused-ring (bicyclic) bond motifs is 1. The van der Waals surface area contributed by atoms with Gasteiger partial charge in [0.15, 0.2) is 6.61 Å². The van der Waals surface area contributed by atoms with E-state index in [2.05, 4.69) is 5.32 Å². The molecule has 0 saturated heterocycles. The van der Waals surface area contributed by atoms with Crippen molar-refractivity contribution in [1.29, 1.82) is 0 Å². The number of hydrogen-bond acceptors (Lipinski definition) is 4. The maximum Gasteiger partial charge on any atom is 0.348 e. The minimum absolute atomic E-state index is 0.242. The molecule has 2 aromatic carbocycles. The Bertz CT molecular complexity index is 970. The van der Waals surface area contributed by atoms with Gasteiger partial charge in [0.25, 0.3) is 5.91 Å². The number of nitrogens with one attached hydrogen (secondary N) is 1. The van der Waals surface area contributed by atoms with Gasteiger partial charge in [-0.1, -0.05) is 23.7 Å². The number of rotatable bonds is 4. The highest BCUT2D eigenvalue weighted by atomic mass is 35.5. The molecule has 1 heterocycles. The molecular formula is C18H13ClFNO3S. The Morgan fingerprint density at radius 2 is 2.00 bits per heavy atom. The van der Waals surface area contributed by atoms with Crippen LogP contribution in [0.2, 0.25) is 5.02 Å². The number of hydrogen-bond donors (Lipinski definition) is 1. The number of halogens is 2. The fourth-order valence-electron chi connectivity index (χ4n) is 2.26. The molecule has 0 unspecified atom stereocenters. The van der Waals surface area contributed by atoms with Crippen LogP contribution in [0.5, 0.6) is 0 Å². The molecule has 1 amide bonds. The van der Waals surface area contributed by atoms with Crippen molar-refractivity contribution in [2.24, 2.45) is 0 Å². The summed E-state index contributed by atoms with van der Waals surface area (Å²) in [6.45, 7) is 1.33. The zero-order chi connectivity index (χ0) is 18.0. The van der Waals surface area contributed by atoms with Crippen LogP contribution in [0, 0.1) is 12.7 Å². The number of thiophene rings is 1.